The van der Waals surface area contributed by atoms with E-state index < -0.39 is 5.54 Å². The number of amides is 3. The minimum Gasteiger partial charge on any atom is -0.351 e. The van der Waals surface area contributed by atoms with Crippen molar-refractivity contribution < 1.29 is 9.59 Å². The van der Waals surface area contributed by atoms with Gasteiger partial charge in [-0.05, 0) is 45.2 Å². The maximum atomic E-state index is 12.5. The summed E-state index contributed by atoms with van der Waals surface area (Å²) in [5.74, 6) is 0.0505. The molecule has 2 fully saturated rings. The van der Waals surface area contributed by atoms with Gasteiger partial charge in [-0.2, -0.15) is 0 Å². The van der Waals surface area contributed by atoms with Crippen LogP contribution in [0, 0.1) is 13.8 Å². The number of fused-ring (bicyclic) bond motifs is 1. The van der Waals surface area contributed by atoms with E-state index >= 15 is 0 Å². The van der Waals surface area contributed by atoms with Crippen LogP contribution in [0.25, 0.3) is 0 Å². The molecular formula is C17H25N3O2S. The highest BCUT2D eigenvalue weighted by atomic mass is 32.1. The van der Waals surface area contributed by atoms with Gasteiger partial charge in [0.05, 0.1) is 24.0 Å². The smallest absolute Gasteiger partial charge is 0.315 e. The molecule has 3 rings (SSSR count). The molecule has 0 aromatic carbocycles. The van der Waals surface area contributed by atoms with Gasteiger partial charge in [0.1, 0.15) is 0 Å². The summed E-state index contributed by atoms with van der Waals surface area (Å²) in [6, 6.07) is 2.00. The Morgan fingerprint density at radius 1 is 1.43 bits per heavy atom. The Morgan fingerprint density at radius 3 is 2.91 bits per heavy atom. The lowest BCUT2D eigenvalue weighted by molar-refractivity contribution is -0.119. The molecule has 1 saturated carbocycles. The van der Waals surface area contributed by atoms with E-state index in [4.69, 9.17) is 0 Å². The zero-order valence-corrected chi connectivity index (χ0v) is 14.8. The largest absolute Gasteiger partial charge is 0.351 e. The summed E-state index contributed by atoms with van der Waals surface area (Å²) < 4.78 is 0. The summed E-state index contributed by atoms with van der Waals surface area (Å²) in [7, 11) is 0. The third-order valence-corrected chi connectivity index (χ3v) is 6.08. The van der Waals surface area contributed by atoms with E-state index in [0.717, 1.165) is 25.7 Å². The second kappa shape index (κ2) is 6.15. The third-order valence-electron chi connectivity index (χ3n) is 5.10. The molecule has 0 radical (unpaired) electrons. The van der Waals surface area contributed by atoms with Crippen molar-refractivity contribution in [3.05, 3.63) is 21.4 Å². The number of rotatable bonds is 3. The van der Waals surface area contributed by atoms with Gasteiger partial charge in [0.2, 0.25) is 5.91 Å². The molecule has 2 heterocycles. The molecule has 3 atom stereocenters. The van der Waals surface area contributed by atoms with E-state index in [1.165, 1.54) is 15.3 Å². The van der Waals surface area contributed by atoms with Gasteiger partial charge >= 0.3 is 6.03 Å². The highest BCUT2D eigenvalue weighted by molar-refractivity contribution is 7.12. The van der Waals surface area contributed by atoms with Crippen LogP contribution < -0.4 is 16.0 Å². The first-order chi connectivity index (χ1) is 10.9. The predicted octanol–water partition coefficient (Wildman–Crippen LogP) is 2.93. The molecule has 1 aliphatic heterocycles. The van der Waals surface area contributed by atoms with Crippen molar-refractivity contribution in [3.8, 4) is 0 Å². The Morgan fingerprint density at radius 2 is 2.22 bits per heavy atom. The fraction of sp³-hybridized carbons (Fsp3) is 0.647. The van der Waals surface area contributed by atoms with Gasteiger partial charge < -0.3 is 16.0 Å². The Labute approximate surface area is 141 Å². The highest BCUT2D eigenvalue weighted by Crippen LogP contribution is 2.35. The van der Waals surface area contributed by atoms with Crippen molar-refractivity contribution in [1.29, 1.82) is 0 Å². The lowest BCUT2D eigenvalue weighted by Crippen LogP contribution is -2.59. The van der Waals surface area contributed by atoms with Crippen molar-refractivity contribution in [3.63, 3.8) is 0 Å². The van der Waals surface area contributed by atoms with Crippen LogP contribution in [0.4, 0.5) is 4.79 Å². The summed E-state index contributed by atoms with van der Waals surface area (Å²) in [6.45, 7) is 6.16. The van der Waals surface area contributed by atoms with Crippen LogP contribution in [0.3, 0.4) is 0 Å². The summed E-state index contributed by atoms with van der Waals surface area (Å²) >= 11 is 1.75. The topological polar surface area (TPSA) is 70.2 Å². The fourth-order valence-electron chi connectivity index (χ4n) is 4.00. The van der Waals surface area contributed by atoms with Crippen LogP contribution >= 0.6 is 11.3 Å². The standard InChI is InChI=1S/C17H25N3O2S/c1-10-8-13(12(3)23-10)11(2)18-16(22)20-17-7-5-4-6-14(17)19-15(21)9-17/h8,11,14H,4-7,9H2,1-3H3,(H,19,21)(H2,18,20,22)/t11?,14-,17+/m0/s1. The van der Waals surface area contributed by atoms with Gasteiger partial charge in [-0.3, -0.25) is 4.79 Å². The molecule has 1 aromatic rings. The van der Waals surface area contributed by atoms with Crippen LogP contribution in [0.5, 0.6) is 0 Å². The van der Waals surface area contributed by atoms with Crippen molar-refractivity contribution in [2.24, 2.45) is 0 Å². The normalized spacial score (nSPS) is 28.0. The third kappa shape index (κ3) is 3.22. The molecule has 1 aromatic heterocycles. The van der Waals surface area contributed by atoms with Crippen LogP contribution in [0.1, 0.15) is 60.4 Å². The molecule has 0 bridgehead atoms. The van der Waals surface area contributed by atoms with Crippen LogP contribution in [0.2, 0.25) is 0 Å². The Kier molecular flexibility index (Phi) is 4.36. The first-order valence-electron chi connectivity index (χ1n) is 8.34. The minimum absolute atomic E-state index is 0.0385. The first kappa shape index (κ1) is 16.3. The van der Waals surface area contributed by atoms with Gasteiger partial charge in [0.25, 0.3) is 0 Å². The average Bonchev–Trinajstić information content (AvgIpc) is 2.96. The van der Waals surface area contributed by atoms with Crippen LogP contribution in [-0.2, 0) is 4.79 Å². The molecule has 6 heteroatoms. The number of carbonyl (C=O) groups excluding carboxylic acids is 2. The summed E-state index contributed by atoms with van der Waals surface area (Å²) in [6.07, 6.45) is 4.39. The SMILES string of the molecule is Cc1cc(C(C)NC(=O)N[C@@]23CCCC[C@@H]2NC(=O)C3)c(C)s1. The summed E-state index contributed by atoms with van der Waals surface area (Å²) in [5, 5.41) is 9.18. The molecule has 3 amide bonds. The number of urea groups is 1. The van der Waals surface area contributed by atoms with Crippen molar-refractivity contribution in [2.45, 2.75) is 70.5 Å². The highest BCUT2D eigenvalue weighted by Gasteiger charge is 2.49. The quantitative estimate of drug-likeness (QED) is 0.795. The zero-order chi connectivity index (χ0) is 16.6. The van der Waals surface area contributed by atoms with E-state index in [1.807, 2.05) is 6.92 Å². The summed E-state index contributed by atoms with van der Waals surface area (Å²) in [5.41, 5.74) is 0.764. The van der Waals surface area contributed by atoms with E-state index in [-0.39, 0.29) is 24.0 Å². The monoisotopic (exact) mass is 335 g/mol. The van der Waals surface area contributed by atoms with Crippen LogP contribution in [0.15, 0.2) is 6.07 Å². The number of carbonyl (C=O) groups is 2. The maximum Gasteiger partial charge on any atom is 0.315 e. The van der Waals surface area contributed by atoms with Gasteiger partial charge in [-0.15, -0.1) is 11.3 Å². The van der Waals surface area contributed by atoms with E-state index in [9.17, 15) is 9.59 Å². The van der Waals surface area contributed by atoms with Crippen molar-refractivity contribution in [1.82, 2.24) is 16.0 Å². The fourth-order valence-corrected chi connectivity index (χ4v) is 5.03. The van der Waals surface area contributed by atoms with E-state index in [2.05, 4.69) is 35.9 Å². The molecule has 1 unspecified atom stereocenters. The minimum atomic E-state index is -0.404. The van der Waals surface area contributed by atoms with E-state index in [0.29, 0.717) is 6.42 Å². The van der Waals surface area contributed by atoms with Gasteiger partial charge in [0, 0.05) is 9.75 Å². The molecule has 23 heavy (non-hydrogen) atoms. The first-order valence-corrected chi connectivity index (χ1v) is 9.16. The van der Waals surface area contributed by atoms with Gasteiger partial charge in [-0.1, -0.05) is 12.8 Å². The average molecular weight is 335 g/mol. The molecule has 1 saturated heterocycles. The molecule has 2 aliphatic rings. The Bertz CT molecular complexity index is 627. The number of nitrogens with one attached hydrogen (secondary N) is 3. The molecule has 5 nitrogen and oxygen atoms in total. The van der Waals surface area contributed by atoms with Crippen LogP contribution in [-0.4, -0.2) is 23.5 Å². The maximum absolute atomic E-state index is 12.5. The van der Waals surface area contributed by atoms with Crippen molar-refractivity contribution in [2.75, 3.05) is 0 Å². The van der Waals surface area contributed by atoms with Gasteiger partial charge in [-0.25, -0.2) is 4.79 Å². The number of hydrogen-bond acceptors (Lipinski definition) is 3. The second-order valence-corrected chi connectivity index (χ2v) is 8.35. The predicted molar refractivity (Wildman–Crippen MR) is 91.6 cm³/mol. The van der Waals surface area contributed by atoms with Gasteiger partial charge in [0.15, 0.2) is 0 Å². The lowest BCUT2D eigenvalue weighted by Gasteiger charge is -2.39. The molecule has 1 aliphatic carbocycles. The molecule has 3 N–H and O–H groups in total. The number of hydrogen-bond donors (Lipinski definition) is 3. The molecular weight excluding hydrogens is 310 g/mol. The number of thiophene rings is 1. The molecule has 0 spiro atoms. The Hall–Kier alpha value is -1.56. The molecule has 126 valence electrons. The summed E-state index contributed by atoms with van der Waals surface area (Å²) in [4.78, 5) is 26.8. The van der Waals surface area contributed by atoms with E-state index in [1.54, 1.807) is 11.3 Å². The second-order valence-electron chi connectivity index (χ2n) is 6.89. The lowest BCUT2D eigenvalue weighted by atomic mass is 9.78. The number of aryl methyl sites for hydroxylation is 2. The van der Waals surface area contributed by atoms with Crippen molar-refractivity contribution >= 4 is 23.3 Å². The Balaban J connectivity index is 1.66. The zero-order valence-electron chi connectivity index (χ0n) is 14.0.